The van der Waals surface area contributed by atoms with Crippen LogP contribution in [0.5, 0.6) is 0 Å². The van der Waals surface area contributed by atoms with Gasteiger partial charge in [0, 0.05) is 12.1 Å². The molecule has 8 heteroatoms. The van der Waals surface area contributed by atoms with E-state index in [1.54, 1.807) is 6.92 Å². The predicted octanol–water partition coefficient (Wildman–Crippen LogP) is 2.30. The van der Waals surface area contributed by atoms with Crippen molar-refractivity contribution in [3.05, 3.63) is 0 Å². The first kappa shape index (κ1) is 22.9. The maximum Gasteiger partial charge on any atom is 0.320 e. The Hall–Kier alpha value is -1.15. The van der Waals surface area contributed by atoms with E-state index in [1.165, 1.54) is 0 Å². The van der Waals surface area contributed by atoms with Gasteiger partial charge in [-0.15, -0.1) is 0 Å². The van der Waals surface area contributed by atoms with Gasteiger partial charge in [-0.2, -0.15) is 0 Å². The fraction of sp³-hybridized carbons (Fsp3) is 0.833. The second kappa shape index (κ2) is 12.3. The Bertz CT molecular complexity index is 459. The third-order valence-corrected chi connectivity index (χ3v) is 4.99. The standard InChI is InChI=1S/C14H23NO4.C4H7BrO2/c1-3-18-13(16)9-15-11-5-6-12(15)8-10(7-11)14(17)19-4-2;1-2-7-4(6)3-5/h10-12H,3-9H2,1-2H3;2-3H2,1H3. The SMILES string of the molecule is CCOC(=O)CBr.CCOC(=O)CN1C2CCC1CC(C(=O)OCC)C2. The number of hydrogen-bond donors (Lipinski definition) is 0. The Labute approximate surface area is 163 Å². The fourth-order valence-corrected chi connectivity index (χ4v) is 3.70. The second-order valence-electron chi connectivity index (χ2n) is 6.22. The topological polar surface area (TPSA) is 82.1 Å². The highest BCUT2D eigenvalue weighted by atomic mass is 79.9. The van der Waals surface area contributed by atoms with Gasteiger partial charge < -0.3 is 14.2 Å². The molecule has 150 valence electrons. The lowest BCUT2D eigenvalue weighted by Gasteiger charge is -2.37. The average Bonchev–Trinajstić information content (AvgIpc) is 2.84. The summed E-state index contributed by atoms with van der Waals surface area (Å²) in [7, 11) is 0. The Morgan fingerprint density at radius 1 is 0.885 bits per heavy atom. The number of ether oxygens (including phenoxy) is 3. The van der Waals surface area contributed by atoms with Gasteiger partial charge in [0.2, 0.25) is 0 Å². The molecule has 0 radical (unpaired) electrons. The number of rotatable bonds is 7. The number of nitrogens with zero attached hydrogens (tertiary/aromatic N) is 1. The molecule has 2 atom stereocenters. The van der Waals surface area contributed by atoms with Crippen molar-refractivity contribution in [2.24, 2.45) is 5.92 Å². The number of hydrogen-bond acceptors (Lipinski definition) is 7. The lowest BCUT2D eigenvalue weighted by molar-refractivity contribution is -0.152. The molecule has 0 N–H and O–H groups in total. The lowest BCUT2D eigenvalue weighted by atomic mass is 9.91. The molecule has 2 bridgehead atoms. The van der Waals surface area contributed by atoms with Crippen LogP contribution in [0.15, 0.2) is 0 Å². The highest BCUT2D eigenvalue weighted by Crippen LogP contribution is 2.38. The highest BCUT2D eigenvalue weighted by molar-refractivity contribution is 9.09. The minimum Gasteiger partial charge on any atom is -0.466 e. The van der Waals surface area contributed by atoms with Crippen molar-refractivity contribution >= 4 is 33.8 Å². The molecule has 2 aliphatic rings. The van der Waals surface area contributed by atoms with Crippen LogP contribution >= 0.6 is 15.9 Å². The summed E-state index contributed by atoms with van der Waals surface area (Å²) in [4.78, 5) is 35.8. The van der Waals surface area contributed by atoms with Crippen LogP contribution in [-0.2, 0) is 28.6 Å². The smallest absolute Gasteiger partial charge is 0.320 e. The molecule has 0 aromatic carbocycles. The molecule has 2 rings (SSSR count). The molecule has 0 spiro atoms. The number of carbonyl (C=O) groups excluding carboxylic acids is 3. The predicted molar refractivity (Wildman–Crippen MR) is 99.9 cm³/mol. The van der Waals surface area contributed by atoms with Crippen LogP contribution in [0.3, 0.4) is 0 Å². The van der Waals surface area contributed by atoms with Gasteiger partial charge in [0.1, 0.15) is 5.33 Å². The van der Waals surface area contributed by atoms with E-state index in [0.717, 1.165) is 25.7 Å². The molecule has 0 amide bonds. The summed E-state index contributed by atoms with van der Waals surface area (Å²) in [6, 6.07) is 0.662. The van der Waals surface area contributed by atoms with Crippen molar-refractivity contribution < 1.29 is 28.6 Å². The van der Waals surface area contributed by atoms with Gasteiger partial charge in [-0.25, -0.2) is 0 Å². The molecule has 2 heterocycles. The largest absolute Gasteiger partial charge is 0.466 e. The summed E-state index contributed by atoms with van der Waals surface area (Å²) in [5.74, 6) is -0.428. The summed E-state index contributed by atoms with van der Waals surface area (Å²) in [5.41, 5.74) is 0. The second-order valence-corrected chi connectivity index (χ2v) is 6.78. The van der Waals surface area contributed by atoms with E-state index in [0.29, 0.717) is 43.8 Å². The fourth-order valence-electron chi connectivity index (χ4n) is 3.54. The first-order chi connectivity index (χ1) is 12.5. The van der Waals surface area contributed by atoms with Crippen LogP contribution in [0.2, 0.25) is 0 Å². The maximum atomic E-state index is 11.8. The van der Waals surface area contributed by atoms with Gasteiger partial charge in [-0.05, 0) is 46.5 Å². The third-order valence-electron chi connectivity index (χ3n) is 4.54. The Morgan fingerprint density at radius 2 is 1.38 bits per heavy atom. The Balaban J connectivity index is 0.000000412. The zero-order valence-electron chi connectivity index (χ0n) is 15.9. The Kier molecular flexibility index (Phi) is 10.8. The normalized spacial score (nSPS) is 24.2. The first-order valence-electron chi connectivity index (χ1n) is 9.26. The van der Waals surface area contributed by atoms with Gasteiger partial charge in [0.15, 0.2) is 0 Å². The highest BCUT2D eigenvalue weighted by Gasteiger charge is 2.44. The molecular formula is C18H30BrNO6. The van der Waals surface area contributed by atoms with Crippen molar-refractivity contribution in [1.29, 1.82) is 0 Å². The summed E-state index contributed by atoms with van der Waals surface area (Å²) in [6.07, 6.45) is 3.77. The van der Waals surface area contributed by atoms with E-state index < -0.39 is 0 Å². The van der Waals surface area contributed by atoms with Crippen LogP contribution in [0.25, 0.3) is 0 Å². The van der Waals surface area contributed by atoms with Crippen LogP contribution in [0.4, 0.5) is 0 Å². The van der Waals surface area contributed by atoms with E-state index in [-0.39, 0.29) is 23.8 Å². The number of esters is 3. The minimum atomic E-state index is -0.206. The summed E-state index contributed by atoms with van der Waals surface area (Å²) in [6.45, 7) is 7.12. The van der Waals surface area contributed by atoms with Gasteiger partial charge in [-0.1, -0.05) is 15.9 Å². The molecule has 2 fully saturated rings. The van der Waals surface area contributed by atoms with Crippen molar-refractivity contribution in [3.63, 3.8) is 0 Å². The van der Waals surface area contributed by atoms with Crippen molar-refractivity contribution in [2.75, 3.05) is 31.7 Å². The zero-order chi connectivity index (χ0) is 19.5. The van der Waals surface area contributed by atoms with Gasteiger partial charge in [0.25, 0.3) is 0 Å². The molecule has 0 aromatic rings. The first-order valence-corrected chi connectivity index (χ1v) is 10.4. The molecule has 26 heavy (non-hydrogen) atoms. The summed E-state index contributed by atoms with van der Waals surface area (Å²) < 4.78 is 14.6. The number of carbonyl (C=O) groups is 3. The molecule has 0 saturated carbocycles. The number of halogens is 1. The minimum absolute atomic E-state index is 0.0101. The summed E-state index contributed by atoms with van der Waals surface area (Å²) in [5, 5.41) is 0.292. The van der Waals surface area contributed by atoms with Crippen LogP contribution in [0.1, 0.15) is 46.5 Å². The Morgan fingerprint density at radius 3 is 1.81 bits per heavy atom. The molecular weight excluding hydrogens is 406 g/mol. The molecule has 0 aliphatic carbocycles. The van der Waals surface area contributed by atoms with Gasteiger partial charge >= 0.3 is 17.9 Å². The van der Waals surface area contributed by atoms with E-state index in [2.05, 4.69) is 25.6 Å². The third kappa shape index (κ3) is 7.23. The van der Waals surface area contributed by atoms with E-state index in [9.17, 15) is 14.4 Å². The molecule has 2 saturated heterocycles. The molecule has 2 unspecified atom stereocenters. The number of alkyl halides is 1. The monoisotopic (exact) mass is 435 g/mol. The van der Waals surface area contributed by atoms with Crippen LogP contribution in [-0.4, -0.2) is 66.6 Å². The average molecular weight is 436 g/mol. The van der Waals surface area contributed by atoms with Crippen molar-refractivity contribution in [2.45, 2.75) is 58.5 Å². The lowest BCUT2D eigenvalue weighted by Crippen LogP contribution is -2.47. The summed E-state index contributed by atoms with van der Waals surface area (Å²) >= 11 is 2.94. The van der Waals surface area contributed by atoms with E-state index in [4.69, 9.17) is 9.47 Å². The van der Waals surface area contributed by atoms with Crippen LogP contribution < -0.4 is 0 Å². The van der Waals surface area contributed by atoms with Crippen LogP contribution in [0, 0.1) is 5.92 Å². The maximum absolute atomic E-state index is 11.8. The number of fused-ring (bicyclic) bond motifs is 2. The van der Waals surface area contributed by atoms with E-state index in [1.807, 2.05) is 13.8 Å². The van der Waals surface area contributed by atoms with Crippen molar-refractivity contribution in [3.8, 4) is 0 Å². The number of piperidine rings is 1. The molecule has 7 nitrogen and oxygen atoms in total. The van der Waals surface area contributed by atoms with E-state index >= 15 is 0 Å². The molecule has 0 aromatic heterocycles. The quantitative estimate of drug-likeness (QED) is 0.344. The van der Waals surface area contributed by atoms with Gasteiger partial charge in [0.05, 0.1) is 32.3 Å². The zero-order valence-corrected chi connectivity index (χ0v) is 17.5. The van der Waals surface area contributed by atoms with Crippen molar-refractivity contribution in [1.82, 2.24) is 4.90 Å². The molecule has 2 aliphatic heterocycles. The van der Waals surface area contributed by atoms with Gasteiger partial charge in [-0.3, -0.25) is 19.3 Å².